The summed E-state index contributed by atoms with van der Waals surface area (Å²) in [5.74, 6) is 2.16. The topological polar surface area (TPSA) is 44.5 Å². The Hall–Kier alpha value is -1.22. The second kappa shape index (κ2) is 6.50. The van der Waals surface area contributed by atoms with Gasteiger partial charge in [0, 0.05) is 11.6 Å². The molecule has 1 rings (SSSR count). The van der Waals surface area contributed by atoms with Gasteiger partial charge in [-0.2, -0.15) is 0 Å². The summed E-state index contributed by atoms with van der Waals surface area (Å²) in [6, 6.07) is 5.85. The number of benzene rings is 1. The molecule has 1 aromatic carbocycles. The van der Waals surface area contributed by atoms with Crippen molar-refractivity contribution < 1.29 is 9.47 Å². The van der Waals surface area contributed by atoms with Crippen molar-refractivity contribution in [1.29, 1.82) is 0 Å². The average Bonchev–Trinajstić information content (AvgIpc) is 2.34. The maximum atomic E-state index is 6.21. The second-order valence-electron chi connectivity index (χ2n) is 4.66. The van der Waals surface area contributed by atoms with Crippen molar-refractivity contribution in [1.82, 2.24) is 0 Å². The quantitative estimate of drug-likeness (QED) is 0.826. The van der Waals surface area contributed by atoms with Crippen molar-refractivity contribution >= 4 is 0 Å². The Balaban J connectivity index is 2.88. The van der Waals surface area contributed by atoms with Crippen LogP contribution in [0.1, 0.15) is 38.3 Å². The van der Waals surface area contributed by atoms with E-state index in [0.29, 0.717) is 5.92 Å². The molecule has 1 aromatic rings. The highest BCUT2D eigenvalue weighted by atomic mass is 16.5. The van der Waals surface area contributed by atoms with Gasteiger partial charge in [-0.3, -0.25) is 0 Å². The van der Waals surface area contributed by atoms with Crippen LogP contribution in [0.15, 0.2) is 18.2 Å². The molecule has 3 heteroatoms. The van der Waals surface area contributed by atoms with Crippen LogP contribution in [0.4, 0.5) is 0 Å². The van der Waals surface area contributed by atoms with Crippen LogP contribution in [0.5, 0.6) is 11.5 Å². The number of nitrogens with two attached hydrogens (primary N) is 1. The Morgan fingerprint density at radius 2 is 1.82 bits per heavy atom. The van der Waals surface area contributed by atoms with E-state index in [9.17, 15) is 0 Å². The van der Waals surface area contributed by atoms with E-state index in [2.05, 4.69) is 13.8 Å². The largest absolute Gasteiger partial charge is 0.493 e. The summed E-state index contributed by atoms with van der Waals surface area (Å²) in [6.07, 6.45) is 2.07. The van der Waals surface area contributed by atoms with Crippen molar-refractivity contribution in [3.63, 3.8) is 0 Å². The highest BCUT2D eigenvalue weighted by Gasteiger charge is 2.15. The lowest BCUT2D eigenvalue weighted by Gasteiger charge is -2.18. The predicted molar refractivity (Wildman–Crippen MR) is 70.5 cm³/mol. The number of para-hydroxylation sites is 1. The molecule has 0 aromatic heterocycles. The lowest BCUT2D eigenvalue weighted by molar-refractivity contribution is 0.347. The van der Waals surface area contributed by atoms with Gasteiger partial charge < -0.3 is 15.2 Å². The van der Waals surface area contributed by atoms with Gasteiger partial charge in [-0.25, -0.2) is 0 Å². The highest BCUT2D eigenvalue weighted by molar-refractivity contribution is 5.47. The third-order valence-corrected chi connectivity index (χ3v) is 2.89. The molecular formula is C14H23NO2. The molecule has 1 atom stereocenters. The molecule has 3 nitrogen and oxygen atoms in total. The van der Waals surface area contributed by atoms with Crippen LogP contribution in [-0.2, 0) is 0 Å². The number of hydrogen-bond donors (Lipinski definition) is 1. The van der Waals surface area contributed by atoms with Crippen LogP contribution in [0.3, 0.4) is 0 Å². The molecule has 2 N–H and O–H groups in total. The molecule has 0 bridgehead atoms. The molecule has 0 saturated heterocycles. The molecule has 96 valence electrons. The fourth-order valence-corrected chi connectivity index (χ4v) is 1.87. The van der Waals surface area contributed by atoms with Crippen molar-refractivity contribution in [3.05, 3.63) is 23.8 Å². The summed E-state index contributed by atoms with van der Waals surface area (Å²) in [4.78, 5) is 0. The van der Waals surface area contributed by atoms with Crippen LogP contribution in [0.2, 0.25) is 0 Å². The summed E-state index contributed by atoms with van der Waals surface area (Å²) >= 11 is 0. The predicted octanol–water partition coefficient (Wildman–Crippen LogP) is 3.14. The molecule has 0 spiro atoms. The third-order valence-electron chi connectivity index (χ3n) is 2.89. The van der Waals surface area contributed by atoms with Crippen molar-refractivity contribution in [2.45, 2.75) is 32.7 Å². The SMILES string of the molecule is COc1cccc(C(N)CCC(C)C)c1OC. The summed E-state index contributed by atoms with van der Waals surface area (Å²) in [5, 5.41) is 0. The first-order valence-corrected chi connectivity index (χ1v) is 6.06. The van der Waals surface area contributed by atoms with Crippen molar-refractivity contribution in [2.75, 3.05) is 14.2 Å². The van der Waals surface area contributed by atoms with Crippen LogP contribution >= 0.6 is 0 Å². The molecule has 0 aliphatic heterocycles. The molecule has 17 heavy (non-hydrogen) atoms. The number of hydrogen-bond acceptors (Lipinski definition) is 3. The fourth-order valence-electron chi connectivity index (χ4n) is 1.87. The molecule has 1 unspecified atom stereocenters. The lowest BCUT2D eigenvalue weighted by Crippen LogP contribution is -2.13. The van der Waals surface area contributed by atoms with E-state index in [4.69, 9.17) is 15.2 Å². The normalized spacial score (nSPS) is 12.6. The zero-order valence-corrected chi connectivity index (χ0v) is 11.2. The Labute approximate surface area is 104 Å². The fraction of sp³-hybridized carbons (Fsp3) is 0.571. The van der Waals surface area contributed by atoms with E-state index < -0.39 is 0 Å². The standard InChI is InChI=1S/C14H23NO2/c1-10(2)8-9-12(15)11-6-5-7-13(16-3)14(11)17-4/h5-7,10,12H,8-9,15H2,1-4H3. The van der Waals surface area contributed by atoms with Crippen LogP contribution in [0.25, 0.3) is 0 Å². The zero-order valence-electron chi connectivity index (χ0n) is 11.2. The summed E-state index contributed by atoms with van der Waals surface area (Å²) in [6.45, 7) is 4.41. The Kier molecular flexibility index (Phi) is 5.29. The van der Waals surface area contributed by atoms with E-state index in [1.807, 2.05) is 18.2 Å². The number of methoxy groups -OCH3 is 2. The average molecular weight is 237 g/mol. The molecule has 0 aliphatic rings. The van der Waals surface area contributed by atoms with E-state index in [1.54, 1.807) is 14.2 Å². The molecule has 0 amide bonds. The molecule has 0 aliphatic carbocycles. The van der Waals surface area contributed by atoms with Crippen molar-refractivity contribution in [3.8, 4) is 11.5 Å². The lowest BCUT2D eigenvalue weighted by atomic mass is 9.97. The van der Waals surface area contributed by atoms with Gasteiger partial charge >= 0.3 is 0 Å². The second-order valence-corrected chi connectivity index (χ2v) is 4.66. The maximum absolute atomic E-state index is 6.21. The van der Waals surface area contributed by atoms with Gasteiger partial charge in [-0.1, -0.05) is 26.0 Å². The van der Waals surface area contributed by atoms with Crippen molar-refractivity contribution in [2.24, 2.45) is 11.7 Å². The van der Waals surface area contributed by atoms with E-state index in [1.165, 1.54) is 0 Å². The number of ether oxygens (including phenoxy) is 2. The summed E-state index contributed by atoms with van der Waals surface area (Å²) < 4.78 is 10.7. The van der Waals surface area contributed by atoms with Gasteiger partial charge in [0.1, 0.15) is 0 Å². The third kappa shape index (κ3) is 3.63. The minimum absolute atomic E-state index is 0.00227. The Morgan fingerprint density at radius 1 is 1.12 bits per heavy atom. The van der Waals surface area contributed by atoms with E-state index in [-0.39, 0.29) is 6.04 Å². The maximum Gasteiger partial charge on any atom is 0.165 e. The van der Waals surface area contributed by atoms with E-state index in [0.717, 1.165) is 29.9 Å². The minimum Gasteiger partial charge on any atom is -0.493 e. The molecular weight excluding hydrogens is 214 g/mol. The van der Waals surface area contributed by atoms with Gasteiger partial charge in [-0.05, 0) is 24.8 Å². The van der Waals surface area contributed by atoms with E-state index >= 15 is 0 Å². The van der Waals surface area contributed by atoms with Crippen LogP contribution < -0.4 is 15.2 Å². The van der Waals surface area contributed by atoms with Crippen LogP contribution in [0, 0.1) is 5.92 Å². The molecule has 0 heterocycles. The Morgan fingerprint density at radius 3 is 2.35 bits per heavy atom. The Bertz CT molecular complexity index is 350. The van der Waals surface area contributed by atoms with Gasteiger partial charge in [0.15, 0.2) is 11.5 Å². The number of rotatable bonds is 6. The minimum atomic E-state index is 0.00227. The summed E-state index contributed by atoms with van der Waals surface area (Å²) in [7, 11) is 3.29. The molecule has 0 radical (unpaired) electrons. The zero-order chi connectivity index (χ0) is 12.8. The molecule has 0 fully saturated rings. The highest BCUT2D eigenvalue weighted by Crippen LogP contribution is 2.35. The monoisotopic (exact) mass is 237 g/mol. The van der Waals surface area contributed by atoms with Gasteiger partial charge in [0.05, 0.1) is 14.2 Å². The molecule has 0 saturated carbocycles. The first-order valence-electron chi connectivity index (χ1n) is 6.06. The van der Waals surface area contributed by atoms with Crippen LogP contribution in [-0.4, -0.2) is 14.2 Å². The van der Waals surface area contributed by atoms with Gasteiger partial charge in [0.2, 0.25) is 0 Å². The van der Waals surface area contributed by atoms with Gasteiger partial charge in [-0.15, -0.1) is 0 Å². The summed E-state index contributed by atoms with van der Waals surface area (Å²) in [5.41, 5.74) is 7.23. The first-order chi connectivity index (χ1) is 8.10. The van der Waals surface area contributed by atoms with Gasteiger partial charge in [0.25, 0.3) is 0 Å². The first kappa shape index (κ1) is 13.8. The smallest absolute Gasteiger partial charge is 0.165 e.